The molecule has 0 amide bonds. The van der Waals surface area contributed by atoms with E-state index in [0.29, 0.717) is 17.1 Å². The molecular formula is C15H15ClN2O2. The maximum Gasteiger partial charge on any atom is 0.275 e. The van der Waals surface area contributed by atoms with Gasteiger partial charge in [-0.05, 0) is 49.2 Å². The Kier molecular flexibility index (Phi) is 4.25. The smallest absolute Gasteiger partial charge is 0.275 e. The van der Waals surface area contributed by atoms with Gasteiger partial charge in [0.15, 0.2) is 0 Å². The molecule has 0 unspecified atom stereocenters. The zero-order chi connectivity index (χ0) is 14.7. The summed E-state index contributed by atoms with van der Waals surface area (Å²) in [4.78, 5) is 10.6. The molecule has 2 aromatic rings. The summed E-state index contributed by atoms with van der Waals surface area (Å²) in [6.45, 7) is 4.42. The summed E-state index contributed by atoms with van der Waals surface area (Å²) in [7, 11) is 0. The number of nitro benzene ring substituents is 1. The van der Waals surface area contributed by atoms with Crippen LogP contribution in [0.2, 0.25) is 5.02 Å². The van der Waals surface area contributed by atoms with Crippen LogP contribution < -0.4 is 5.32 Å². The summed E-state index contributed by atoms with van der Waals surface area (Å²) >= 11 is 5.79. The molecule has 0 spiro atoms. The van der Waals surface area contributed by atoms with Gasteiger partial charge >= 0.3 is 0 Å². The summed E-state index contributed by atoms with van der Waals surface area (Å²) in [5, 5.41) is 14.6. The number of aryl methyl sites for hydroxylation is 2. The second-order valence-electron chi connectivity index (χ2n) is 4.76. The number of hydrogen-bond acceptors (Lipinski definition) is 3. The van der Waals surface area contributed by atoms with Crippen LogP contribution in [-0.4, -0.2) is 4.92 Å². The van der Waals surface area contributed by atoms with E-state index in [-0.39, 0.29) is 5.69 Å². The van der Waals surface area contributed by atoms with E-state index in [4.69, 9.17) is 11.6 Å². The van der Waals surface area contributed by atoms with Crippen LogP contribution in [0.5, 0.6) is 0 Å². The largest absolute Gasteiger partial charge is 0.381 e. The van der Waals surface area contributed by atoms with Crippen LogP contribution in [0.25, 0.3) is 0 Å². The van der Waals surface area contributed by atoms with Crippen molar-refractivity contribution >= 4 is 23.0 Å². The second kappa shape index (κ2) is 5.92. The molecule has 0 heterocycles. The third kappa shape index (κ3) is 3.48. The molecule has 2 rings (SSSR count). The molecule has 1 N–H and O–H groups in total. The lowest BCUT2D eigenvalue weighted by molar-refractivity contribution is -0.385. The fourth-order valence-electron chi connectivity index (χ4n) is 2.13. The minimum atomic E-state index is -0.412. The van der Waals surface area contributed by atoms with E-state index in [1.54, 1.807) is 12.1 Å². The van der Waals surface area contributed by atoms with E-state index in [1.807, 2.05) is 26.0 Å². The molecule has 0 fully saturated rings. The van der Waals surface area contributed by atoms with E-state index in [0.717, 1.165) is 16.8 Å². The SMILES string of the molecule is Cc1cc(C)cc(NCc2ccc(Cl)cc2[N+](=O)[O-])c1. The fraction of sp³-hybridized carbons (Fsp3) is 0.200. The molecule has 0 atom stereocenters. The summed E-state index contributed by atoms with van der Waals surface area (Å²) in [6, 6.07) is 10.8. The summed E-state index contributed by atoms with van der Waals surface area (Å²) < 4.78 is 0. The average molecular weight is 291 g/mol. The number of nitro groups is 1. The molecule has 0 aliphatic rings. The number of hydrogen-bond donors (Lipinski definition) is 1. The number of halogens is 1. The zero-order valence-electron chi connectivity index (χ0n) is 11.3. The lowest BCUT2D eigenvalue weighted by Crippen LogP contribution is -2.03. The van der Waals surface area contributed by atoms with Crippen LogP contribution in [0, 0.1) is 24.0 Å². The summed E-state index contributed by atoms with van der Waals surface area (Å²) in [5.74, 6) is 0. The number of rotatable bonds is 4. The van der Waals surface area contributed by atoms with E-state index < -0.39 is 4.92 Å². The first kappa shape index (κ1) is 14.3. The summed E-state index contributed by atoms with van der Waals surface area (Å²) in [6.07, 6.45) is 0. The molecule has 2 aromatic carbocycles. The Bertz CT molecular complexity index is 636. The first-order valence-electron chi connectivity index (χ1n) is 6.20. The van der Waals surface area contributed by atoms with Crippen molar-refractivity contribution in [2.75, 3.05) is 5.32 Å². The predicted molar refractivity (Wildman–Crippen MR) is 81.3 cm³/mol. The highest BCUT2D eigenvalue weighted by atomic mass is 35.5. The van der Waals surface area contributed by atoms with Gasteiger partial charge in [-0.15, -0.1) is 0 Å². The van der Waals surface area contributed by atoms with Gasteiger partial charge in [0, 0.05) is 28.9 Å². The molecule has 0 radical (unpaired) electrons. The minimum absolute atomic E-state index is 0.0365. The van der Waals surface area contributed by atoms with Crippen LogP contribution in [0.3, 0.4) is 0 Å². The lowest BCUT2D eigenvalue weighted by Gasteiger charge is -2.09. The molecule has 104 valence electrons. The van der Waals surface area contributed by atoms with E-state index in [2.05, 4.69) is 11.4 Å². The Morgan fingerprint density at radius 3 is 2.40 bits per heavy atom. The molecule has 0 aliphatic heterocycles. The van der Waals surface area contributed by atoms with Crippen molar-refractivity contribution < 1.29 is 4.92 Å². The van der Waals surface area contributed by atoms with Crippen molar-refractivity contribution in [2.24, 2.45) is 0 Å². The highest BCUT2D eigenvalue weighted by Gasteiger charge is 2.13. The highest BCUT2D eigenvalue weighted by Crippen LogP contribution is 2.24. The highest BCUT2D eigenvalue weighted by molar-refractivity contribution is 6.30. The molecule has 4 nitrogen and oxygen atoms in total. The quantitative estimate of drug-likeness (QED) is 0.667. The molecule has 0 bridgehead atoms. The van der Waals surface area contributed by atoms with Crippen LogP contribution in [0.4, 0.5) is 11.4 Å². The average Bonchev–Trinajstić information content (AvgIpc) is 2.36. The molecule has 0 saturated heterocycles. The zero-order valence-corrected chi connectivity index (χ0v) is 12.1. The fourth-order valence-corrected chi connectivity index (χ4v) is 2.30. The van der Waals surface area contributed by atoms with E-state index in [1.165, 1.54) is 6.07 Å². The van der Waals surface area contributed by atoms with Gasteiger partial charge < -0.3 is 5.32 Å². The second-order valence-corrected chi connectivity index (χ2v) is 5.20. The van der Waals surface area contributed by atoms with Crippen molar-refractivity contribution in [3.8, 4) is 0 Å². The normalized spacial score (nSPS) is 10.3. The van der Waals surface area contributed by atoms with Crippen molar-refractivity contribution in [3.05, 3.63) is 68.2 Å². The van der Waals surface area contributed by atoms with Gasteiger partial charge in [0.1, 0.15) is 0 Å². The van der Waals surface area contributed by atoms with Gasteiger partial charge in [-0.3, -0.25) is 10.1 Å². The molecular weight excluding hydrogens is 276 g/mol. The van der Waals surface area contributed by atoms with Gasteiger partial charge in [-0.2, -0.15) is 0 Å². The van der Waals surface area contributed by atoms with Crippen LogP contribution in [-0.2, 0) is 6.54 Å². The van der Waals surface area contributed by atoms with Crippen LogP contribution in [0.15, 0.2) is 36.4 Å². The Balaban J connectivity index is 2.20. The number of anilines is 1. The molecule has 20 heavy (non-hydrogen) atoms. The van der Waals surface area contributed by atoms with E-state index in [9.17, 15) is 10.1 Å². The van der Waals surface area contributed by atoms with Crippen molar-refractivity contribution in [2.45, 2.75) is 20.4 Å². The van der Waals surface area contributed by atoms with Gasteiger partial charge in [-0.1, -0.05) is 17.7 Å². The van der Waals surface area contributed by atoms with Crippen molar-refractivity contribution in [3.63, 3.8) is 0 Å². The van der Waals surface area contributed by atoms with Gasteiger partial charge in [0.05, 0.1) is 4.92 Å². The first-order valence-corrected chi connectivity index (χ1v) is 6.58. The Morgan fingerprint density at radius 2 is 1.80 bits per heavy atom. The third-order valence-electron chi connectivity index (χ3n) is 2.95. The van der Waals surface area contributed by atoms with Gasteiger partial charge in [0.2, 0.25) is 0 Å². The predicted octanol–water partition coefficient (Wildman–Crippen LogP) is 4.48. The molecule has 5 heteroatoms. The van der Waals surface area contributed by atoms with Gasteiger partial charge in [-0.25, -0.2) is 0 Å². The van der Waals surface area contributed by atoms with Gasteiger partial charge in [0.25, 0.3) is 5.69 Å². The monoisotopic (exact) mass is 290 g/mol. The molecule has 0 aromatic heterocycles. The molecule has 0 saturated carbocycles. The standard InChI is InChI=1S/C15H15ClN2O2/c1-10-5-11(2)7-14(6-10)17-9-12-3-4-13(16)8-15(12)18(19)20/h3-8,17H,9H2,1-2H3. The lowest BCUT2D eigenvalue weighted by atomic mass is 10.1. The van der Waals surface area contributed by atoms with Crippen LogP contribution >= 0.6 is 11.6 Å². The third-order valence-corrected chi connectivity index (χ3v) is 3.18. The van der Waals surface area contributed by atoms with Crippen LogP contribution in [0.1, 0.15) is 16.7 Å². The number of nitrogens with one attached hydrogen (secondary N) is 1. The maximum absolute atomic E-state index is 11.0. The maximum atomic E-state index is 11.0. The minimum Gasteiger partial charge on any atom is -0.381 e. The number of benzene rings is 2. The summed E-state index contributed by atoms with van der Waals surface area (Å²) in [5.41, 5.74) is 3.90. The Hall–Kier alpha value is -2.07. The molecule has 0 aliphatic carbocycles. The van der Waals surface area contributed by atoms with Crippen molar-refractivity contribution in [1.82, 2.24) is 0 Å². The number of nitrogens with zero attached hydrogens (tertiary/aromatic N) is 1. The van der Waals surface area contributed by atoms with Crippen molar-refractivity contribution in [1.29, 1.82) is 0 Å². The first-order chi connectivity index (χ1) is 9.45. The topological polar surface area (TPSA) is 55.2 Å². The Morgan fingerprint density at radius 1 is 1.15 bits per heavy atom. The Labute approximate surface area is 122 Å². The van der Waals surface area contributed by atoms with E-state index >= 15 is 0 Å².